The van der Waals surface area contributed by atoms with Crippen LogP contribution in [0.25, 0.3) is 11.1 Å². The number of aryl methyl sites for hydroxylation is 1. The number of hydrogen-bond acceptors (Lipinski definition) is 5. The summed E-state index contributed by atoms with van der Waals surface area (Å²) in [4.78, 5) is 25.6. The number of aromatic nitrogens is 1. The van der Waals surface area contributed by atoms with Crippen LogP contribution < -0.4 is 5.76 Å². The Kier molecular flexibility index (Phi) is 4.75. The summed E-state index contributed by atoms with van der Waals surface area (Å²) in [6.07, 6.45) is 2.08. The number of nitrogens with zero attached hydrogens (tertiary/aromatic N) is 3. The number of halogens is 1. The van der Waals surface area contributed by atoms with Crippen LogP contribution in [0.2, 0.25) is 5.02 Å². The van der Waals surface area contributed by atoms with E-state index in [4.69, 9.17) is 20.4 Å². The number of carbonyl (C=O) groups is 1. The predicted molar refractivity (Wildman–Crippen MR) is 116 cm³/mol. The van der Waals surface area contributed by atoms with Crippen molar-refractivity contribution in [1.29, 1.82) is 0 Å². The van der Waals surface area contributed by atoms with Gasteiger partial charge in [0.25, 0.3) is 5.91 Å². The van der Waals surface area contributed by atoms with E-state index in [1.807, 2.05) is 37.3 Å². The average Bonchev–Trinajstić information content (AvgIpc) is 3.47. The third-order valence-corrected chi connectivity index (χ3v) is 5.58. The fourth-order valence-electron chi connectivity index (χ4n) is 3.76. The van der Waals surface area contributed by atoms with E-state index in [1.165, 1.54) is 9.58 Å². The fourth-order valence-corrected chi connectivity index (χ4v) is 3.92. The SMILES string of the molecule is Cc1ccc(C2=NN(C(=O)Cn3c(=O)oc4cc(Cl)ccc43)[C@H](c3ccco3)C2)cc1. The highest BCUT2D eigenvalue weighted by atomic mass is 35.5. The van der Waals surface area contributed by atoms with Crippen LogP contribution in [0.1, 0.15) is 29.3 Å². The van der Waals surface area contributed by atoms with Crippen molar-refractivity contribution in [3.05, 3.63) is 93.3 Å². The molecule has 0 spiro atoms. The van der Waals surface area contributed by atoms with E-state index >= 15 is 0 Å². The number of hydrazone groups is 1. The van der Waals surface area contributed by atoms with Gasteiger partial charge in [-0.3, -0.25) is 9.36 Å². The Labute approximate surface area is 182 Å². The minimum atomic E-state index is -0.623. The van der Waals surface area contributed by atoms with Gasteiger partial charge in [-0.1, -0.05) is 41.4 Å². The molecule has 0 bridgehead atoms. The molecule has 7 nitrogen and oxygen atoms in total. The van der Waals surface area contributed by atoms with Crippen LogP contribution in [0.3, 0.4) is 0 Å². The van der Waals surface area contributed by atoms with Gasteiger partial charge in [0.05, 0.1) is 17.5 Å². The molecule has 2 aromatic carbocycles. The Hall–Kier alpha value is -3.58. The van der Waals surface area contributed by atoms with Gasteiger partial charge in [-0.25, -0.2) is 9.80 Å². The quantitative estimate of drug-likeness (QED) is 0.471. The molecule has 2 aromatic heterocycles. The molecule has 0 radical (unpaired) electrons. The molecule has 156 valence electrons. The zero-order valence-corrected chi connectivity index (χ0v) is 17.4. The van der Waals surface area contributed by atoms with Crippen LogP contribution in [-0.2, 0) is 11.3 Å². The van der Waals surface area contributed by atoms with Gasteiger partial charge in [0, 0.05) is 17.5 Å². The largest absolute Gasteiger partial charge is 0.467 e. The molecule has 0 aliphatic carbocycles. The van der Waals surface area contributed by atoms with Gasteiger partial charge in [0.2, 0.25) is 0 Å². The molecular formula is C23H18ClN3O4. The van der Waals surface area contributed by atoms with E-state index in [2.05, 4.69) is 5.10 Å². The number of hydrogen-bond donors (Lipinski definition) is 0. The van der Waals surface area contributed by atoms with Gasteiger partial charge >= 0.3 is 5.76 Å². The summed E-state index contributed by atoms with van der Waals surface area (Å²) in [5.41, 5.74) is 3.70. The van der Waals surface area contributed by atoms with Crippen molar-refractivity contribution < 1.29 is 13.6 Å². The number of furan rings is 1. The second-order valence-corrected chi connectivity index (χ2v) is 7.89. The first-order chi connectivity index (χ1) is 15.0. The zero-order valence-electron chi connectivity index (χ0n) is 16.6. The Morgan fingerprint density at radius 3 is 2.74 bits per heavy atom. The molecule has 4 aromatic rings. The highest BCUT2D eigenvalue weighted by molar-refractivity contribution is 6.31. The van der Waals surface area contributed by atoms with E-state index < -0.39 is 5.76 Å². The van der Waals surface area contributed by atoms with Crippen LogP contribution in [0.15, 0.2) is 79.6 Å². The maximum atomic E-state index is 13.3. The summed E-state index contributed by atoms with van der Waals surface area (Å²) in [5, 5.41) is 6.45. The van der Waals surface area contributed by atoms with E-state index in [-0.39, 0.29) is 18.5 Å². The lowest BCUT2D eigenvalue weighted by Crippen LogP contribution is -2.32. The van der Waals surface area contributed by atoms with Crippen molar-refractivity contribution in [3.8, 4) is 0 Å². The second-order valence-electron chi connectivity index (χ2n) is 7.45. The normalized spacial score (nSPS) is 16.1. The van der Waals surface area contributed by atoms with Crippen molar-refractivity contribution >= 4 is 34.3 Å². The van der Waals surface area contributed by atoms with Crippen LogP contribution in [-0.4, -0.2) is 21.2 Å². The molecule has 1 aliphatic rings. The van der Waals surface area contributed by atoms with E-state index in [0.717, 1.165) is 16.8 Å². The van der Waals surface area contributed by atoms with Crippen LogP contribution >= 0.6 is 11.6 Å². The number of fused-ring (bicyclic) bond motifs is 1. The Morgan fingerprint density at radius 1 is 1.19 bits per heavy atom. The van der Waals surface area contributed by atoms with Crippen molar-refractivity contribution in [2.75, 3.05) is 0 Å². The number of benzene rings is 2. The van der Waals surface area contributed by atoms with Gasteiger partial charge < -0.3 is 8.83 Å². The van der Waals surface area contributed by atoms with Crippen LogP contribution in [0.5, 0.6) is 0 Å². The molecule has 5 rings (SSSR count). The van der Waals surface area contributed by atoms with Gasteiger partial charge in [0.1, 0.15) is 18.3 Å². The molecule has 0 fully saturated rings. The third-order valence-electron chi connectivity index (χ3n) is 5.35. The standard InChI is InChI=1S/C23H18ClN3O4/c1-14-4-6-15(7-5-14)17-12-19(20-3-2-10-30-20)27(25-17)22(28)13-26-18-9-8-16(24)11-21(18)31-23(26)29/h2-11,19H,12-13H2,1H3/t19-/m0/s1. The number of carbonyl (C=O) groups excluding carboxylic acids is 1. The second kappa shape index (κ2) is 7.59. The van der Waals surface area contributed by atoms with Crippen LogP contribution in [0.4, 0.5) is 0 Å². The smallest absolute Gasteiger partial charge is 0.420 e. The van der Waals surface area contributed by atoms with Crippen molar-refractivity contribution in [2.45, 2.75) is 25.9 Å². The molecular weight excluding hydrogens is 418 g/mol. The Morgan fingerprint density at radius 2 is 2.00 bits per heavy atom. The minimum absolute atomic E-state index is 0.213. The van der Waals surface area contributed by atoms with Gasteiger partial charge in [0.15, 0.2) is 5.58 Å². The molecule has 0 saturated carbocycles. The van der Waals surface area contributed by atoms with Gasteiger partial charge in [-0.05, 0) is 36.8 Å². The molecule has 3 heterocycles. The summed E-state index contributed by atoms with van der Waals surface area (Å²) < 4.78 is 12.1. The number of oxazole rings is 1. The first-order valence-corrected chi connectivity index (χ1v) is 10.2. The lowest BCUT2D eigenvalue weighted by atomic mass is 10.0. The van der Waals surface area contributed by atoms with Gasteiger partial charge in [-0.15, -0.1) is 0 Å². The molecule has 31 heavy (non-hydrogen) atoms. The monoisotopic (exact) mass is 435 g/mol. The predicted octanol–water partition coefficient (Wildman–Crippen LogP) is 4.53. The summed E-state index contributed by atoms with van der Waals surface area (Å²) in [5.74, 6) is -0.333. The lowest BCUT2D eigenvalue weighted by Gasteiger charge is -2.19. The highest BCUT2D eigenvalue weighted by Crippen LogP contribution is 2.33. The van der Waals surface area contributed by atoms with Crippen LogP contribution in [0, 0.1) is 6.92 Å². The molecule has 1 atom stereocenters. The Balaban J connectivity index is 1.50. The fraction of sp³-hybridized carbons (Fsp3) is 0.174. The highest BCUT2D eigenvalue weighted by Gasteiger charge is 2.35. The van der Waals surface area contributed by atoms with Crippen molar-refractivity contribution in [2.24, 2.45) is 5.10 Å². The summed E-state index contributed by atoms with van der Waals surface area (Å²) >= 11 is 5.98. The lowest BCUT2D eigenvalue weighted by molar-refractivity contribution is -0.134. The third kappa shape index (κ3) is 3.57. The zero-order chi connectivity index (χ0) is 21.5. The van der Waals surface area contributed by atoms with Gasteiger partial charge in [-0.2, -0.15) is 5.10 Å². The Bertz CT molecular complexity index is 1350. The average molecular weight is 436 g/mol. The number of amides is 1. The maximum Gasteiger partial charge on any atom is 0.420 e. The van der Waals surface area contributed by atoms with Crippen molar-refractivity contribution in [1.82, 2.24) is 9.58 Å². The van der Waals surface area contributed by atoms with E-state index in [0.29, 0.717) is 28.3 Å². The molecule has 0 N–H and O–H groups in total. The first-order valence-electron chi connectivity index (χ1n) is 9.78. The maximum absolute atomic E-state index is 13.3. The van der Waals surface area contributed by atoms with Crippen molar-refractivity contribution in [3.63, 3.8) is 0 Å². The first kappa shape index (κ1) is 19.4. The molecule has 1 amide bonds. The minimum Gasteiger partial charge on any atom is -0.467 e. The van der Waals surface area contributed by atoms with E-state index in [1.54, 1.807) is 30.5 Å². The molecule has 8 heteroatoms. The summed E-state index contributed by atoms with van der Waals surface area (Å²) in [6, 6.07) is 16.0. The van der Waals surface area contributed by atoms with E-state index in [9.17, 15) is 9.59 Å². The summed E-state index contributed by atoms with van der Waals surface area (Å²) in [7, 11) is 0. The molecule has 0 unspecified atom stereocenters. The summed E-state index contributed by atoms with van der Waals surface area (Å²) in [6.45, 7) is 1.80. The number of rotatable bonds is 4. The molecule has 1 aliphatic heterocycles. The topological polar surface area (TPSA) is 81.0 Å². The molecule has 0 saturated heterocycles.